The van der Waals surface area contributed by atoms with Crippen LogP contribution in [0, 0.1) is 11.6 Å². The number of amides is 4. The molecule has 0 fully saturated rings. The molecule has 0 spiro atoms. The third kappa shape index (κ3) is 12.8. The number of aliphatic hydroxyl groups excluding tert-OH is 1. The van der Waals surface area contributed by atoms with E-state index in [-0.39, 0.29) is 50.6 Å². The van der Waals surface area contributed by atoms with Crippen molar-refractivity contribution in [2.75, 3.05) is 33.3 Å². The fourth-order valence-electron chi connectivity index (χ4n) is 5.19. The zero-order valence-corrected chi connectivity index (χ0v) is 27.8. The molecule has 0 aliphatic heterocycles. The molecule has 3 aromatic rings. The van der Waals surface area contributed by atoms with Gasteiger partial charge in [-0.05, 0) is 60.2 Å². The van der Waals surface area contributed by atoms with Crippen LogP contribution in [-0.2, 0) is 29.1 Å². The number of nitrogens with zero attached hydrogens (tertiary/aromatic N) is 2. The molecule has 3 N–H and O–H groups in total. The second-order valence-corrected chi connectivity index (χ2v) is 11.5. The largest absolute Gasteiger partial charge is 0.497 e. The lowest BCUT2D eigenvalue weighted by Gasteiger charge is -2.30. The molecule has 0 aliphatic carbocycles. The summed E-state index contributed by atoms with van der Waals surface area (Å²) in [6, 6.07) is 17.3. The lowest BCUT2D eigenvalue weighted by Crippen LogP contribution is -2.53. The summed E-state index contributed by atoms with van der Waals surface area (Å²) in [5.74, 6) is -1.14. The van der Waals surface area contributed by atoms with Crippen molar-refractivity contribution in [1.29, 1.82) is 0 Å². The van der Waals surface area contributed by atoms with Gasteiger partial charge in [0, 0.05) is 38.7 Å². The molecule has 3 aromatic carbocycles. The van der Waals surface area contributed by atoms with E-state index in [0.717, 1.165) is 36.6 Å². The van der Waals surface area contributed by atoms with Crippen molar-refractivity contribution in [1.82, 2.24) is 20.4 Å². The Kier molecular flexibility index (Phi) is 15.6. The minimum Gasteiger partial charge on any atom is -0.497 e. The number of halogens is 2. The van der Waals surface area contributed by atoms with Crippen LogP contribution in [0.15, 0.2) is 72.8 Å². The molecular formula is C36H46F2N4O6. The van der Waals surface area contributed by atoms with Crippen LogP contribution in [0.3, 0.4) is 0 Å². The number of ether oxygens (including phenoxy) is 2. The minimum atomic E-state index is -1.40. The fraction of sp³-hybridized carbons (Fsp3) is 0.417. The van der Waals surface area contributed by atoms with Gasteiger partial charge >= 0.3 is 12.1 Å². The number of carbonyl (C=O) groups is 3. The number of carbonyl (C=O) groups excluding carboxylic acids is 3. The lowest BCUT2D eigenvalue weighted by molar-refractivity contribution is -0.131. The number of benzene rings is 3. The molecule has 12 heteroatoms. The maximum Gasteiger partial charge on any atom is 0.410 e. The molecule has 0 bridgehead atoms. The van der Waals surface area contributed by atoms with Crippen molar-refractivity contribution in [3.05, 3.63) is 101 Å². The maximum atomic E-state index is 14.1. The highest BCUT2D eigenvalue weighted by Crippen LogP contribution is 2.18. The summed E-state index contributed by atoms with van der Waals surface area (Å²) in [5.41, 5.74) is 1.65. The Morgan fingerprint density at radius 3 is 2.17 bits per heavy atom. The minimum absolute atomic E-state index is 0.0102. The van der Waals surface area contributed by atoms with Crippen LogP contribution in [0.25, 0.3) is 0 Å². The van der Waals surface area contributed by atoms with Crippen molar-refractivity contribution in [2.24, 2.45) is 0 Å². The smallest absolute Gasteiger partial charge is 0.410 e. The summed E-state index contributed by atoms with van der Waals surface area (Å²) in [4.78, 5) is 42.1. The summed E-state index contributed by atoms with van der Waals surface area (Å²) in [6.07, 6.45) is -0.568. The van der Waals surface area contributed by atoms with E-state index in [1.165, 1.54) is 12.0 Å². The Morgan fingerprint density at radius 1 is 0.854 bits per heavy atom. The molecule has 0 heterocycles. The monoisotopic (exact) mass is 668 g/mol. The molecule has 4 amide bonds. The second-order valence-electron chi connectivity index (χ2n) is 11.5. The summed E-state index contributed by atoms with van der Waals surface area (Å²) < 4.78 is 39.1. The second kappa shape index (κ2) is 19.8. The number of urea groups is 1. The number of methoxy groups -OCH3 is 1. The zero-order chi connectivity index (χ0) is 34.9. The van der Waals surface area contributed by atoms with Gasteiger partial charge in [0.1, 0.15) is 24.0 Å². The van der Waals surface area contributed by atoms with E-state index in [2.05, 4.69) is 10.6 Å². The molecule has 48 heavy (non-hydrogen) atoms. The van der Waals surface area contributed by atoms with Crippen LogP contribution in [-0.4, -0.2) is 78.4 Å². The van der Waals surface area contributed by atoms with Gasteiger partial charge in [-0.1, -0.05) is 56.3 Å². The van der Waals surface area contributed by atoms with Gasteiger partial charge in [-0.25, -0.2) is 18.4 Å². The van der Waals surface area contributed by atoms with Gasteiger partial charge < -0.3 is 35.0 Å². The molecule has 0 aromatic heterocycles. The number of hydrogen-bond donors (Lipinski definition) is 3. The Labute approximate surface area is 281 Å². The summed E-state index contributed by atoms with van der Waals surface area (Å²) in [5, 5.41) is 16.8. The lowest BCUT2D eigenvalue weighted by atomic mass is 10.0. The van der Waals surface area contributed by atoms with Crippen molar-refractivity contribution in [3.8, 4) is 5.75 Å². The molecule has 2 atom stereocenters. The molecule has 0 saturated heterocycles. The maximum absolute atomic E-state index is 14.1. The Morgan fingerprint density at radius 2 is 1.52 bits per heavy atom. The van der Waals surface area contributed by atoms with Crippen molar-refractivity contribution < 1.29 is 37.7 Å². The molecule has 0 aliphatic rings. The Balaban J connectivity index is 1.78. The van der Waals surface area contributed by atoms with E-state index in [1.807, 2.05) is 44.2 Å². The van der Waals surface area contributed by atoms with E-state index in [0.29, 0.717) is 24.4 Å². The predicted molar refractivity (Wildman–Crippen MR) is 178 cm³/mol. The van der Waals surface area contributed by atoms with E-state index in [4.69, 9.17) is 9.47 Å². The van der Waals surface area contributed by atoms with Gasteiger partial charge in [-0.15, -0.1) is 0 Å². The topological polar surface area (TPSA) is 120 Å². The number of aliphatic hydroxyl groups is 1. The molecule has 0 radical (unpaired) electrons. The highest BCUT2D eigenvalue weighted by molar-refractivity contribution is 5.78. The average Bonchev–Trinajstić information content (AvgIpc) is 3.06. The first-order valence-corrected chi connectivity index (χ1v) is 16.2. The standard InChI is InChI=1S/C36H46F2N4O6/c1-4-16-41(17-5-2)34(44)14-15-39-35(45)40-32(21-28-18-29(37)22-30(38)19-28)33(43)24-42(23-27-12-9-13-31(20-27)47-3)36(46)48-25-26-10-7-6-8-11-26/h6-13,18-20,22,32-33,43H,4-5,14-17,21,23-25H2,1-3H3,(H2,39,40,45)/t32-,33+/m0/s1. The van der Waals surface area contributed by atoms with Gasteiger partial charge in [-0.2, -0.15) is 0 Å². The van der Waals surface area contributed by atoms with Crippen LogP contribution < -0.4 is 15.4 Å². The average molecular weight is 669 g/mol. The normalized spacial score (nSPS) is 12.0. The van der Waals surface area contributed by atoms with Gasteiger partial charge in [0.15, 0.2) is 0 Å². The third-order valence-corrected chi connectivity index (χ3v) is 7.50. The van der Waals surface area contributed by atoms with Crippen LogP contribution in [0.4, 0.5) is 18.4 Å². The first-order chi connectivity index (χ1) is 23.1. The molecule has 3 rings (SSSR count). The van der Waals surface area contributed by atoms with Crippen LogP contribution in [0.1, 0.15) is 49.8 Å². The van der Waals surface area contributed by atoms with Crippen LogP contribution in [0.5, 0.6) is 5.75 Å². The van der Waals surface area contributed by atoms with Crippen LogP contribution in [0.2, 0.25) is 0 Å². The number of nitrogens with one attached hydrogen (secondary N) is 2. The first-order valence-electron chi connectivity index (χ1n) is 16.2. The Bertz CT molecular complexity index is 1440. The van der Waals surface area contributed by atoms with Crippen molar-refractivity contribution >= 4 is 18.0 Å². The van der Waals surface area contributed by atoms with Gasteiger partial charge in [0.05, 0.1) is 25.8 Å². The quantitative estimate of drug-likeness (QED) is 0.167. The molecule has 10 nitrogen and oxygen atoms in total. The highest BCUT2D eigenvalue weighted by Gasteiger charge is 2.28. The summed E-state index contributed by atoms with van der Waals surface area (Å²) >= 11 is 0. The molecule has 0 saturated carbocycles. The van der Waals surface area contributed by atoms with E-state index < -0.39 is 35.9 Å². The van der Waals surface area contributed by atoms with Crippen molar-refractivity contribution in [3.63, 3.8) is 0 Å². The number of hydrogen-bond acceptors (Lipinski definition) is 6. The Hall–Kier alpha value is -4.71. The van der Waals surface area contributed by atoms with Gasteiger partial charge in [-0.3, -0.25) is 4.79 Å². The number of rotatable bonds is 18. The highest BCUT2D eigenvalue weighted by atomic mass is 19.1. The molecule has 0 unspecified atom stereocenters. The first kappa shape index (κ1) is 37.7. The summed E-state index contributed by atoms with van der Waals surface area (Å²) in [7, 11) is 1.52. The van der Waals surface area contributed by atoms with E-state index >= 15 is 0 Å². The van der Waals surface area contributed by atoms with E-state index in [1.54, 1.807) is 29.2 Å². The van der Waals surface area contributed by atoms with Crippen LogP contribution >= 0.6 is 0 Å². The SMILES string of the molecule is CCCN(CCC)C(=O)CCNC(=O)N[C@@H](Cc1cc(F)cc(F)c1)[C@H](O)CN(Cc1cccc(OC)c1)C(=O)OCc1ccccc1. The van der Waals surface area contributed by atoms with Gasteiger partial charge in [0.2, 0.25) is 5.91 Å². The zero-order valence-electron chi connectivity index (χ0n) is 27.8. The molecule has 260 valence electrons. The third-order valence-electron chi connectivity index (χ3n) is 7.50. The van der Waals surface area contributed by atoms with Crippen molar-refractivity contribution in [2.45, 2.75) is 64.8 Å². The fourth-order valence-corrected chi connectivity index (χ4v) is 5.19. The predicted octanol–water partition coefficient (Wildman–Crippen LogP) is 5.42. The summed E-state index contributed by atoms with van der Waals surface area (Å²) in [6.45, 7) is 4.98. The van der Waals surface area contributed by atoms with Gasteiger partial charge in [0.25, 0.3) is 0 Å². The van der Waals surface area contributed by atoms with E-state index in [9.17, 15) is 28.3 Å². The molecular weight excluding hydrogens is 622 g/mol.